The molecule has 3 aliphatic rings. The Bertz CT molecular complexity index is 647. The van der Waals surface area contributed by atoms with Crippen LogP contribution >= 0.6 is 0 Å². The van der Waals surface area contributed by atoms with Crippen LogP contribution in [0.5, 0.6) is 0 Å². The highest BCUT2D eigenvalue weighted by molar-refractivity contribution is 5.80. The smallest absolute Gasteiger partial charge is 0.193 e. The van der Waals surface area contributed by atoms with Gasteiger partial charge >= 0.3 is 0 Å². The number of nitrogens with zero attached hydrogens (tertiary/aromatic N) is 3. The Morgan fingerprint density at radius 3 is 2.63 bits per heavy atom. The van der Waals surface area contributed by atoms with Gasteiger partial charge in [-0.15, -0.1) is 0 Å². The molecule has 1 saturated carbocycles. The standard InChI is InChI=1S/C22H34N4O/c1-23-21(26-12-11-22(18-26)9-5-2-6-10-22)24-17-19-7-3-4-8-20(19)25-13-15-27-16-14-25/h3-4,7-8H,2,5-6,9-18H2,1H3,(H,23,24). The SMILES string of the molecule is CN=C(NCc1ccccc1N1CCOCC1)N1CCC2(CCCCC2)C1. The summed E-state index contributed by atoms with van der Waals surface area (Å²) < 4.78 is 5.52. The average Bonchev–Trinajstić information content (AvgIpc) is 3.13. The van der Waals surface area contributed by atoms with Gasteiger partial charge in [-0.3, -0.25) is 4.99 Å². The van der Waals surface area contributed by atoms with Crippen molar-refractivity contribution >= 4 is 11.6 Å². The molecule has 148 valence electrons. The molecule has 2 saturated heterocycles. The van der Waals surface area contributed by atoms with Gasteiger partial charge in [0.25, 0.3) is 0 Å². The third-order valence-corrected chi connectivity index (χ3v) is 6.64. The van der Waals surface area contributed by atoms with E-state index in [1.54, 1.807) is 0 Å². The van der Waals surface area contributed by atoms with E-state index in [9.17, 15) is 0 Å². The molecule has 2 aliphatic heterocycles. The molecule has 27 heavy (non-hydrogen) atoms. The lowest BCUT2D eigenvalue weighted by Gasteiger charge is -2.34. The Kier molecular flexibility index (Phi) is 5.86. The van der Waals surface area contributed by atoms with Crippen molar-refractivity contribution in [3.8, 4) is 0 Å². The lowest BCUT2D eigenvalue weighted by atomic mass is 9.73. The Balaban J connectivity index is 1.39. The lowest BCUT2D eigenvalue weighted by Crippen LogP contribution is -2.42. The summed E-state index contributed by atoms with van der Waals surface area (Å²) in [7, 11) is 1.92. The molecular weight excluding hydrogens is 336 g/mol. The van der Waals surface area contributed by atoms with E-state index in [2.05, 4.69) is 44.4 Å². The number of hydrogen-bond donors (Lipinski definition) is 1. The fraction of sp³-hybridized carbons (Fsp3) is 0.682. The number of ether oxygens (including phenoxy) is 1. The second kappa shape index (κ2) is 8.51. The number of hydrogen-bond acceptors (Lipinski definition) is 3. The van der Waals surface area contributed by atoms with E-state index >= 15 is 0 Å². The van der Waals surface area contributed by atoms with E-state index in [0.29, 0.717) is 5.41 Å². The molecule has 0 radical (unpaired) electrons. The first-order valence-electron chi connectivity index (χ1n) is 10.7. The number of guanidine groups is 1. The van der Waals surface area contributed by atoms with Gasteiger partial charge in [0.15, 0.2) is 5.96 Å². The molecule has 3 fully saturated rings. The molecule has 1 aromatic rings. The van der Waals surface area contributed by atoms with Crippen LogP contribution in [0.4, 0.5) is 5.69 Å². The summed E-state index contributed by atoms with van der Waals surface area (Å²) in [6.07, 6.45) is 8.38. The van der Waals surface area contributed by atoms with E-state index in [1.807, 2.05) is 7.05 Å². The Labute approximate surface area is 163 Å². The molecule has 1 spiro atoms. The first kappa shape index (κ1) is 18.6. The quantitative estimate of drug-likeness (QED) is 0.655. The minimum atomic E-state index is 0.557. The van der Waals surface area contributed by atoms with Crippen LogP contribution in [-0.2, 0) is 11.3 Å². The largest absolute Gasteiger partial charge is 0.378 e. The van der Waals surface area contributed by atoms with Crippen molar-refractivity contribution < 1.29 is 4.74 Å². The number of morpholine rings is 1. The number of benzene rings is 1. The predicted molar refractivity (Wildman–Crippen MR) is 111 cm³/mol. The van der Waals surface area contributed by atoms with Crippen molar-refractivity contribution in [2.45, 2.75) is 45.1 Å². The van der Waals surface area contributed by atoms with E-state index in [0.717, 1.165) is 45.4 Å². The number of likely N-dealkylation sites (tertiary alicyclic amines) is 1. The summed E-state index contributed by atoms with van der Waals surface area (Å²) in [6, 6.07) is 8.74. The van der Waals surface area contributed by atoms with Crippen LogP contribution in [0.25, 0.3) is 0 Å². The van der Waals surface area contributed by atoms with Crippen molar-refractivity contribution in [1.29, 1.82) is 0 Å². The molecule has 1 aromatic carbocycles. The number of nitrogens with one attached hydrogen (secondary N) is 1. The normalized spacial score (nSPS) is 23.1. The van der Waals surface area contributed by atoms with Crippen LogP contribution in [0.15, 0.2) is 29.3 Å². The number of para-hydroxylation sites is 1. The summed E-state index contributed by atoms with van der Waals surface area (Å²) in [6.45, 7) is 6.73. The maximum Gasteiger partial charge on any atom is 0.193 e. The van der Waals surface area contributed by atoms with Crippen molar-refractivity contribution in [3.63, 3.8) is 0 Å². The molecule has 0 unspecified atom stereocenters. The van der Waals surface area contributed by atoms with Gasteiger partial charge in [0.05, 0.1) is 13.2 Å². The Morgan fingerprint density at radius 1 is 1.07 bits per heavy atom. The molecule has 2 heterocycles. The highest BCUT2D eigenvalue weighted by Crippen LogP contribution is 2.43. The number of rotatable bonds is 3. The third kappa shape index (κ3) is 4.23. The van der Waals surface area contributed by atoms with Gasteiger partial charge in [0.1, 0.15) is 0 Å². The van der Waals surface area contributed by atoms with Crippen LogP contribution in [0.2, 0.25) is 0 Å². The average molecular weight is 371 g/mol. The molecule has 4 rings (SSSR count). The fourth-order valence-corrected chi connectivity index (χ4v) is 5.11. The lowest BCUT2D eigenvalue weighted by molar-refractivity contribution is 0.122. The highest BCUT2D eigenvalue weighted by atomic mass is 16.5. The highest BCUT2D eigenvalue weighted by Gasteiger charge is 2.39. The molecular formula is C22H34N4O. The molecule has 0 amide bonds. The molecule has 0 bridgehead atoms. The minimum Gasteiger partial charge on any atom is -0.378 e. The van der Waals surface area contributed by atoms with E-state index < -0.39 is 0 Å². The maximum absolute atomic E-state index is 5.52. The Morgan fingerprint density at radius 2 is 1.85 bits per heavy atom. The third-order valence-electron chi connectivity index (χ3n) is 6.64. The summed E-state index contributed by atoms with van der Waals surface area (Å²) >= 11 is 0. The molecule has 1 aliphatic carbocycles. The van der Waals surface area contributed by atoms with Crippen molar-refractivity contribution in [2.75, 3.05) is 51.3 Å². The number of anilines is 1. The van der Waals surface area contributed by atoms with Gasteiger partial charge in [0, 0.05) is 45.5 Å². The number of aliphatic imine (C=N–C) groups is 1. The predicted octanol–water partition coefficient (Wildman–Crippen LogP) is 3.25. The summed E-state index contributed by atoms with van der Waals surface area (Å²) in [4.78, 5) is 9.53. The van der Waals surface area contributed by atoms with Crippen molar-refractivity contribution in [1.82, 2.24) is 10.2 Å². The van der Waals surface area contributed by atoms with Crippen LogP contribution in [0.1, 0.15) is 44.1 Å². The van der Waals surface area contributed by atoms with Gasteiger partial charge < -0.3 is 19.9 Å². The molecule has 5 nitrogen and oxygen atoms in total. The minimum absolute atomic E-state index is 0.557. The van der Waals surface area contributed by atoms with Crippen LogP contribution in [-0.4, -0.2) is 57.3 Å². The van der Waals surface area contributed by atoms with Crippen molar-refractivity contribution in [2.24, 2.45) is 10.4 Å². The second-order valence-electron chi connectivity index (χ2n) is 8.36. The van der Waals surface area contributed by atoms with Crippen LogP contribution in [0, 0.1) is 5.41 Å². The summed E-state index contributed by atoms with van der Waals surface area (Å²) in [5, 5.41) is 3.65. The van der Waals surface area contributed by atoms with Gasteiger partial charge in [-0.1, -0.05) is 37.5 Å². The zero-order chi connectivity index (χ0) is 18.5. The fourth-order valence-electron chi connectivity index (χ4n) is 5.11. The molecule has 1 N–H and O–H groups in total. The van der Waals surface area contributed by atoms with Gasteiger partial charge in [-0.2, -0.15) is 0 Å². The van der Waals surface area contributed by atoms with E-state index in [1.165, 1.54) is 56.3 Å². The topological polar surface area (TPSA) is 40.1 Å². The first-order chi connectivity index (χ1) is 13.3. The first-order valence-corrected chi connectivity index (χ1v) is 10.7. The monoisotopic (exact) mass is 370 g/mol. The summed E-state index contributed by atoms with van der Waals surface area (Å²) in [5.74, 6) is 1.06. The summed E-state index contributed by atoms with van der Waals surface area (Å²) in [5.41, 5.74) is 3.22. The maximum atomic E-state index is 5.52. The molecule has 0 atom stereocenters. The molecule has 0 aromatic heterocycles. The van der Waals surface area contributed by atoms with Crippen LogP contribution < -0.4 is 10.2 Å². The van der Waals surface area contributed by atoms with Gasteiger partial charge in [0.2, 0.25) is 0 Å². The van der Waals surface area contributed by atoms with Gasteiger partial charge in [-0.25, -0.2) is 0 Å². The zero-order valence-electron chi connectivity index (χ0n) is 16.8. The molecule has 5 heteroatoms. The zero-order valence-corrected chi connectivity index (χ0v) is 16.8. The van der Waals surface area contributed by atoms with Gasteiger partial charge in [-0.05, 0) is 36.3 Å². The van der Waals surface area contributed by atoms with Crippen LogP contribution in [0.3, 0.4) is 0 Å². The van der Waals surface area contributed by atoms with E-state index in [-0.39, 0.29) is 0 Å². The van der Waals surface area contributed by atoms with E-state index in [4.69, 9.17) is 4.74 Å². The van der Waals surface area contributed by atoms with Crippen molar-refractivity contribution in [3.05, 3.63) is 29.8 Å². The second-order valence-corrected chi connectivity index (χ2v) is 8.36. The Hall–Kier alpha value is -1.75.